The molecule has 3 amide bonds. The molecule has 1 heterocycles. The van der Waals surface area contributed by atoms with Gasteiger partial charge in [0.05, 0.1) is 11.5 Å². The van der Waals surface area contributed by atoms with Crippen LogP contribution in [0.15, 0.2) is 72.2 Å². The number of carbonyl (C=O) groups is 3. The number of amides is 3. The van der Waals surface area contributed by atoms with E-state index < -0.39 is 17.1 Å². The fourth-order valence-electron chi connectivity index (χ4n) is 4.72. The molecule has 4 rings (SSSR count). The number of nitrogens with one attached hydrogen (secondary N) is 1. The summed E-state index contributed by atoms with van der Waals surface area (Å²) in [6.07, 6.45) is 3.94. The van der Waals surface area contributed by atoms with Gasteiger partial charge in [-0.25, -0.2) is 0 Å². The summed E-state index contributed by atoms with van der Waals surface area (Å²) in [4.78, 5) is 40.0. The summed E-state index contributed by atoms with van der Waals surface area (Å²) in [6.45, 7) is 12.0. The number of allylic oxidation sites excluding steroid dienone is 1. The Morgan fingerprint density at radius 3 is 2.39 bits per heavy atom. The lowest BCUT2D eigenvalue weighted by Crippen LogP contribution is -2.36. The van der Waals surface area contributed by atoms with Gasteiger partial charge >= 0.3 is 0 Å². The van der Waals surface area contributed by atoms with Gasteiger partial charge in [-0.1, -0.05) is 54.1 Å². The maximum absolute atomic E-state index is 13.2. The molecule has 0 aromatic heterocycles. The zero-order valence-corrected chi connectivity index (χ0v) is 24.6. The number of nitrogens with zero attached hydrogens (tertiary/aromatic N) is 1. The van der Waals surface area contributed by atoms with E-state index in [1.165, 1.54) is 0 Å². The number of carbonyl (C=O) groups excluding carboxylic acids is 3. The summed E-state index contributed by atoms with van der Waals surface area (Å²) in [5.74, 6) is 0.200. The summed E-state index contributed by atoms with van der Waals surface area (Å²) in [5, 5.41) is 2.36. The topological polar surface area (TPSA) is 84.9 Å². The molecule has 7 nitrogen and oxygen atoms in total. The molecule has 0 radical (unpaired) electrons. The SMILES string of the molecule is C=CCc1cc(/C=C2\SC(=O)N(CC(=O)Nc3c(C)cc(C)cc3C)C2=O)cc(OCC)c1OCc1ccccc1. The van der Waals surface area contributed by atoms with E-state index in [-0.39, 0.29) is 11.4 Å². The van der Waals surface area contributed by atoms with E-state index in [9.17, 15) is 14.4 Å². The molecule has 3 aromatic carbocycles. The fourth-order valence-corrected chi connectivity index (χ4v) is 5.56. The van der Waals surface area contributed by atoms with Crippen molar-refractivity contribution in [3.63, 3.8) is 0 Å². The molecular weight excluding hydrogens is 536 g/mol. The van der Waals surface area contributed by atoms with Crippen molar-refractivity contribution in [2.75, 3.05) is 18.5 Å². The van der Waals surface area contributed by atoms with Gasteiger partial charge in [0.25, 0.3) is 11.1 Å². The Balaban J connectivity index is 1.55. The Morgan fingerprint density at radius 1 is 1.02 bits per heavy atom. The van der Waals surface area contributed by atoms with Crippen LogP contribution in [0, 0.1) is 20.8 Å². The van der Waals surface area contributed by atoms with Gasteiger partial charge in [0, 0.05) is 11.3 Å². The molecule has 0 atom stereocenters. The second-order valence-corrected chi connectivity index (χ2v) is 10.8. The first-order valence-corrected chi connectivity index (χ1v) is 14.2. The smallest absolute Gasteiger partial charge is 0.294 e. The number of hydrogen-bond acceptors (Lipinski definition) is 6. The molecule has 0 spiro atoms. The van der Waals surface area contributed by atoms with E-state index in [4.69, 9.17) is 9.47 Å². The molecule has 0 unspecified atom stereocenters. The van der Waals surface area contributed by atoms with Crippen LogP contribution in [0.3, 0.4) is 0 Å². The van der Waals surface area contributed by atoms with Gasteiger partial charge in [0.2, 0.25) is 5.91 Å². The molecular formula is C33H34N2O5S. The van der Waals surface area contributed by atoms with Crippen molar-refractivity contribution in [3.05, 3.63) is 106 Å². The molecule has 0 saturated carbocycles. The number of rotatable bonds is 11. The number of hydrogen-bond donors (Lipinski definition) is 1. The highest BCUT2D eigenvalue weighted by molar-refractivity contribution is 8.18. The van der Waals surface area contributed by atoms with Crippen LogP contribution in [0.1, 0.15) is 40.3 Å². The van der Waals surface area contributed by atoms with E-state index in [2.05, 4.69) is 11.9 Å². The van der Waals surface area contributed by atoms with Gasteiger partial charge in [-0.3, -0.25) is 19.3 Å². The monoisotopic (exact) mass is 570 g/mol. The van der Waals surface area contributed by atoms with Crippen molar-refractivity contribution < 1.29 is 23.9 Å². The Hall–Kier alpha value is -4.30. The van der Waals surface area contributed by atoms with Gasteiger partial charge < -0.3 is 14.8 Å². The van der Waals surface area contributed by atoms with Crippen LogP contribution >= 0.6 is 11.8 Å². The van der Waals surface area contributed by atoms with Gasteiger partial charge in [-0.2, -0.15) is 0 Å². The third kappa shape index (κ3) is 7.27. The van der Waals surface area contributed by atoms with Crippen LogP contribution < -0.4 is 14.8 Å². The zero-order chi connectivity index (χ0) is 29.5. The highest BCUT2D eigenvalue weighted by Gasteiger charge is 2.36. The van der Waals surface area contributed by atoms with Crippen LogP contribution in [-0.4, -0.2) is 35.1 Å². The van der Waals surface area contributed by atoms with Crippen molar-refractivity contribution >= 4 is 40.6 Å². The molecule has 8 heteroatoms. The number of anilines is 1. The highest BCUT2D eigenvalue weighted by Crippen LogP contribution is 2.38. The van der Waals surface area contributed by atoms with Crippen molar-refractivity contribution in [2.24, 2.45) is 0 Å². The van der Waals surface area contributed by atoms with E-state index in [1.807, 2.05) is 76.2 Å². The van der Waals surface area contributed by atoms with E-state index in [0.717, 1.165) is 44.5 Å². The van der Waals surface area contributed by atoms with Crippen LogP contribution in [-0.2, 0) is 22.6 Å². The Labute approximate surface area is 245 Å². The van der Waals surface area contributed by atoms with Crippen LogP contribution in [0.5, 0.6) is 11.5 Å². The largest absolute Gasteiger partial charge is 0.490 e. The Kier molecular flexibility index (Phi) is 9.68. The molecule has 1 aliphatic heterocycles. The van der Waals surface area contributed by atoms with Gasteiger partial charge in [-0.05, 0) is 86.3 Å². The number of aryl methyl sites for hydroxylation is 3. The zero-order valence-electron chi connectivity index (χ0n) is 23.8. The first-order chi connectivity index (χ1) is 19.7. The number of imide groups is 1. The lowest BCUT2D eigenvalue weighted by molar-refractivity contribution is -0.127. The van der Waals surface area contributed by atoms with E-state index in [1.54, 1.807) is 18.2 Å². The summed E-state index contributed by atoms with van der Waals surface area (Å²) in [6, 6.07) is 17.5. The Bertz CT molecular complexity index is 1490. The first-order valence-electron chi connectivity index (χ1n) is 13.4. The first kappa shape index (κ1) is 29.7. The summed E-state index contributed by atoms with van der Waals surface area (Å²) in [7, 11) is 0. The van der Waals surface area contributed by atoms with E-state index in [0.29, 0.717) is 42.4 Å². The standard InChI is InChI=1S/C33H34N2O5S/c1-6-11-26-16-25(17-27(39-7-2)31(26)40-20-24-12-9-8-10-13-24)18-28-32(37)35(33(38)41-28)19-29(36)34-30-22(4)14-21(3)15-23(30)5/h6,8-10,12-18H,1,7,11,19-20H2,2-5H3,(H,34,36)/b28-18-. The maximum atomic E-state index is 13.2. The summed E-state index contributed by atoms with van der Waals surface area (Å²) >= 11 is 0.810. The van der Waals surface area contributed by atoms with E-state index >= 15 is 0 Å². The molecule has 1 fully saturated rings. The van der Waals surface area contributed by atoms with Gasteiger partial charge in [0.1, 0.15) is 13.2 Å². The lowest BCUT2D eigenvalue weighted by Gasteiger charge is -2.17. The third-order valence-electron chi connectivity index (χ3n) is 6.46. The lowest BCUT2D eigenvalue weighted by atomic mass is 10.0. The average Bonchev–Trinajstić information content (AvgIpc) is 3.18. The molecule has 1 saturated heterocycles. The predicted octanol–water partition coefficient (Wildman–Crippen LogP) is 6.99. The molecule has 0 bridgehead atoms. The normalized spacial score (nSPS) is 14.0. The fraction of sp³-hybridized carbons (Fsp3) is 0.242. The molecule has 1 N–H and O–H groups in total. The summed E-state index contributed by atoms with van der Waals surface area (Å²) < 4.78 is 12.1. The molecule has 3 aromatic rings. The predicted molar refractivity (Wildman–Crippen MR) is 164 cm³/mol. The number of thioether (sulfide) groups is 1. The highest BCUT2D eigenvalue weighted by atomic mass is 32.2. The van der Waals surface area contributed by atoms with Crippen LogP contribution in [0.2, 0.25) is 0 Å². The number of benzene rings is 3. The van der Waals surface area contributed by atoms with Crippen LogP contribution in [0.25, 0.3) is 6.08 Å². The third-order valence-corrected chi connectivity index (χ3v) is 7.37. The molecule has 41 heavy (non-hydrogen) atoms. The van der Waals surface area contributed by atoms with Crippen LogP contribution in [0.4, 0.5) is 10.5 Å². The van der Waals surface area contributed by atoms with Gasteiger partial charge in [0.15, 0.2) is 11.5 Å². The second-order valence-electron chi connectivity index (χ2n) is 9.80. The van der Waals surface area contributed by atoms with Crippen molar-refractivity contribution in [1.82, 2.24) is 4.90 Å². The quantitative estimate of drug-likeness (QED) is 0.198. The molecule has 1 aliphatic rings. The van der Waals surface area contributed by atoms with Crippen molar-refractivity contribution in [3.8, 4) is 11.5 Å². The van der Waals surface area contributed by atoms with Crippen molar-refractivity contribution in [2.45, 2.75) is 40.7 Å². The molecule has 0 aliphatic carbocycles. The minimum atomic E-state index is -0.514. The van der Waals surface area contributed by atoms with Gasteiger partial charge in [-0.15, -0.1) is 6.58 Å². The minimum Gasteiger partial charge on any atom is -0.490 e. The summed E-state index contributed by atoms with van der Waals surface area (Å²) in [5.41, 5.74) is 6.16. The van der Waals surface area contributed by atoms with Crippen molar-refractivity contribution in [1.29, 1.82) is 0 Å². The average molecular weight is 571 g/mol. The maximum Gasteiger partial charge on any atom is 0.294 e. The second kappa shape index (κ2) is 13.4. The minimum absolute atomic E-state index is 0.232. The molecule has 212 valence electrons. The Morgan fingerprint density at radius 2 is 1.73 bits per heavy atom. The number of ether oxygens (including phenoxy) is 2.